The summed E-state index contributed by atoms with van der Waals surface area (Å²) in [5, 5.41) is 22.0. The minimum absolute atomic E-state index is 0.181. The van der Waals surface area contributed by atoms with Crippen molar-refractivity contribution in [3.05, 3.63) is 70.8 Å². The van der Waals surface area contributed by atoms with Crippen molar-refractivity contribution < 1.29 is 29.3 Å². The van der Waals surface area contributed by atoms with Crippen LogP contribution in [0.2, 0.25) is 0 Å². The lowest BCUT2D eigenvalue weighted by atomic mass is 9.81. The van der Waals surface area contributed by atoms with Gasteiger partial charge in [-0.25, -0.2) is 0 Å². The zero-order valence-electron chi connectivity index (χ0n) is 16.1. The number of aliphatic hydroxyl groups is 2. The largest absolute Gasteiger partial charge is 0.382 e. The minimum Gasteiger partial charge on any atom is -0.382 e. The van der Waals surface area contributed by atoms with Crippen LogP contribution in [-0.2, 0) is 9.47 Å². The van der Waals surface area contributed by atoms with Crippen LogP contribution in [0.4, 0.5) is 0 Å². The second-order valence-electron chi connectivity index (χ2n) is 7.12. The molecule has 1 heterocycles. The third-order valence-electron chi connectivity index (χ3n) is 5.26. The van der Waals surface area contributed by atoms with Gasteiger partial charge in [0.2, 0.25) is 0 Å². The Balaban J connectivity index is 1.98. The number of ketones is 2. The minimum atomic E-state index is -2.09. The van der Waals surface area contributed by atoms with Crippen molar-refractivity contribution in [1.29, 1.82) is 0 Å². The first kappa shape index (κ1) is 20.4. The number of Topliss-reactive ketones (excluding diaryl/α,β-unsaturated/α-hetero) is 2. The van der Waals surface area contributed by atoms with E-state index in [0.29, 0.717) is 22.3 Å². The number of carbonyl (C=O) groups is 2. The van der Waals surface area contributed by atoms with E-state index < -0.39 is 35.7 Å². The Labute approximate surface area is 163 Å². The van der Waals surface area contributed by atoms with E-state index in [1.165, 1.54) is 7.11 Å². The van der Waals surface area contributed by atoms with Crippen LogP contribution in [0.1, 0.15) is 38.3 Å². The molecule has 6 nitrogen and oxygen atoms in total. The third kappa shape index (κ3) is 3.52. The van der Waals surface area contributed by atoms with Crippen LogP contribution < -0.4 is 0 Å². The maximum atomic E-state index is 13.2. The fraction of sp³-hybridized carbons (Fsp3) is 0.364. The van der Waals surface area contributed by atoms with Gasteiger partial charge in [-0.3, -0.25) is 9.59 Å². The molecule has 1 saturated heterocycles. The Hall–Kier alpha value is -2.38. The average molecular weight is 384 g/mol. The number of ether oxygens (including phenoxy) is 2. The van der Waals surface area contributed by atoms with Crippen LogP contribution in [0.5, 0.6) is 0 Å². The summed E-state index contributed by atoms with van der Waals surface area (Å²) in [6.45, 7) is 3.50. The highest BCUT2D eigenvalue weighted by atomic mass is 16.7. The highest BCUT2D eigenvalue weighted by molar-refractivity contribution is 6.06. The Kier molecular flexibility index (Phi) is 5.76. The molecule has 1 fully saturated rings. The molecule has 0 amide bonds. The van der Waals surface area contributed by atoms with E-state index in [9.17, 15) is 19.8 Å². The van der Waals surface area contributed by atoms with Crippen LogP contribution in [0, 0.1) is 13.8 Å². The molecule has 4 atom stereocenters. The van der Waals surface area contributed by atoms with Crippen molar-refractivity contribution in [1.82, 2.24) is 0 Å². The molecule has 1 aliphatic rings. The summed E-state index contributed by atoms with van der Waals surface area (Å²) in [7, 11) is 1.38. The van der Waals surface area contributed by atoms with Gasteiger partial charge < -0.3 is 19.7 Å². The van der Waals surface area contributed by atoms with Crippen molar-refractivity contribution in [2.24, 2.45) is 0 Å². The van der Waals surface area contributed by atoms with E-state index in [1.54, 1.807) is 62.4 Å². The summed E-state index contributed by atoms with van der Waals surface area (Å²) in [5.41, 5.74) is -0.109. The van der Waals surface area contributed by atoms with Gasteiger partial charge in [-0.15, -0.1) is 0 Å². The van der Waals surface area contributed by atoms with Gasteiger partial charge in [0, 0.05) is 24.7 Å². The maximum Gasteiger partial charge on any atom is 0.197 e. The molecule has 2 aromatic rings. The Morgan fingerprint density at radius 1 is 1.07 bits per heavy atom. The summed E-state index contributed by atoms with van der Waals surface area (Å²) < 4.78 is 10.7. The summed E-state index contributed by atoms with van der Waals surface area (Å²) in [5.74, 6) is -1.22. The van der Waals surface area contributed by atoms with Crippen molar-refractivity contribution >= 4 is 11.6 Å². The summed E-state index contributed by atoms with van der Waals surface area (Å²) >= 11 is 0. The Morgan fingerprint density at radius 2 is 1.61 bits per heavy atom. The monoisotopic (exact) mass is 384 g/mol. The van der Waals surface area contributed by atoms with Gasteiger partial charge in [0.05, 0.1) is 0 Å². The fourth-order valence-electron chi connectivity index (χ4n) is 3.60. The van der Waals surface area contributed by atoms with Gasteiger partial charge >= 0.3 is 0 Å². The van der Waals surface area contributed by atoms with E-state index in [4.69, 9.17) is 9.47 Å². The second-order valence-corrected chi connectivity index (χ2v) is 7.12. The molecular formula is C22H24O6. The first-order valence-corrected chi connectivity index (χ1v) is 9.08. The van der Waals surface area contributed by atoms with Crippen molar-refractivity contribution in [2.75, 3.05) is 7.11 Å². The maximum absolute atomic E-state index is 13.2. The molecule has 2 N–H and O–H groups in total. The zero-order valence-corrected chi connectivity index (χ0v) is 16.1. The van der Waals surface area contributed by atoms with E-state index in [-0.39, 0.29) is 6.42 Å². The molecule has 1 aliphatic heterocycles. The smallest absolute Gasteiger partial charge is 0.197 e. The molecule has 2 aromatic carbocycles. The van der Waals surface area contributed by atoms with Crippen molar-refractivity contribution in [3.63, 3.8) is 0 Å². The molecule has 0 aliphatic carbocycles. The molecule has 0 bridgehead atoms. The molecule has 6 heteroatoms. The number of aryl methyl sites for hydroxylation is 2. The highest BCUT2D eigenvalue weighted by Crippen LogP contribution is 2.37. The van der Waals surface area contributed by atoms with Gasteiger partial charge in [-0.1, -0.05) is 48.5 Å². The van der Waals surface area contributed by atoms with Crippen LogP contribution in [0.3, 0.4) is 0 Å². The van der Waals surface area contributed by atoms with Crippen LogP contribution in [0.25, 0.3) is 0 Å². The van der Waals surface area contributed by atoms with Crippen molar-refractivity contribution in [3.8, 4) is 0 Å². The number of hydrogen-bond donors (Lipinski definition) is 2. The highest BCUT2D eigenvalue weighted by Gasteiger charge is 2.57. The molecule has 3 unspecified atom stereocenters. The van der Waals surface area contributed by atoms with Gasteiger partial charge in [-0.05, 0) is 25.0 Å². The van der Waals surface area contributed by atoms with E-state index in [1.807, 2.05) is 0 Å². The molecule has 28 heavy (non-hydrogen) atoms. The molecule has 148 valence electrons. The standard InChI is InChI=1S/C22H24O6/c1-13-8-4-6-10-15(13)18(23)19(24)21-22(26,12-17(27-3)28-21)20(25)16-11-7-5-9-14(16)2/h4-11,17,19,21,24,26H,12H2,1-3H3/t17?,19?,21?,22-/m1/s1. The summed E-state index contributed by atoms with van der Waals surface area (Å²) in [6, 6.07) is 13.6. The van der Waals surface area contributed by atoms with Gasteiger partial charge in [0.25, 0.3) is 0 Å². The predicted molar refractivity (Wildman–Crippen MR) is 102 cm³/mol. The number of benzene rings is 2. The van der Waals surface area contributed by atoms with Crippen LogP contribution >= 0.6 is 0 Å². The normalized spacial score (nSPS) is 25.5. The topological polar surface area (TPSA) is 93.1 Å². The number of carbonyl (C=O) groups excluding carboxylic acids is 2. The lowest BCUT2D eigenvalue weighted by molar-refractivity contribution is -0.143. The van der Waals surface area contributed by atoms with E-state index in [2.05, 4.69) is 0 Å². The summed E-state index contributed by atoms with van der Waals surface area (Å²) in [6.07, 6.45) is -4.27. The Morgan fingerprint density at radius 3 is 2.14 bits per heavy atom. The van der Waals surface area contributed by atoms with Gasteiger partial charge in [0.1, 0.15) is 12.2 Å². The molecule has 0 aromatic heterocycles. The molecule has 3 rings (SSSR count). The first-order chi connectivity index (χ1) is 13.3. The third-order valence-corrected chi connectivity index (χ3v) is 5.26. The first-order valence-electron chi connectivity index (χ1n) is 9.08. The van der Waals surface area contributed by atoms with Crippen molar-refractivity contribution in [2.45, 2.75) is 44.4 Å². The van der Waals surface area contributed by atoms with Crippen LogP contribution in [0.15, 0.2) is 48.5 Å². The molecule has 0 saturated carbocycles. The molecule has 0 radical (unpaired) electrons. The summed E-state index contributed by atoms with van der Waals surface area (Å²) in [4.78, 5) is 26.1. The lowest BCUT2D eigenvalue weighted by Gasteiger charge is -2.30. The zero-order chi connectivity index (χ0) is 20.5. The van der Waals surface area contributed by atoms with Crippen LogP contribution in [-0.4, -0.2) is 53.0 Å². The van der Waals surface area contributed by atoms with E-state index in [0.717, 1.165) is 0 Å². The number of rotatable bonds is 6. The number of hydrogen-bond acceptors (Lipinski definition) is 6. The Bertz CT molecular complexity index is 892. The predicted octanol–water partition coefficient (Wildman–Crippen LogP) is 2.22. The molecule has 0 spiro atoms. The number of methoxy groups -OCH3 is 1. The average Bonchev–Trinajstić information content (AvgIpc) is 3.05. The molecular weight excluding hydrogens is 360 g/mol. The SMILES string of the molecule is COC1C[C@@](O)(C(=O)c2ccccc2C)C(C(O)C(=O)c2ccccc2C)O1. The van der Waals surface area contributed by atoms with Gasteiger partial charge in [-0.2, -0.15) is 0 Å². The lowest BCUT2D eigenvalue weighted by Crippen LogP contribution is -2.54. The fourth-order valence-corrected chi connectivity index (χ4v) is 3.60. The second kappa shape index (κ2) is 7.93. The quantitative estimate of drug-likeness (QED) is 0.742. The van der Waals surface area contributed by atoms with E-state index >= 15 is 0 Å². The number of aliphatic hydroxyl groups excluding tert-OH is 1. The van der Waals surface area contributed by atoms with Gasteiger partial charge in [0.15, 0.2) is 23.5 Å².